The lowest BCUT2D eigenvalue weighted by atomic mass is 10.1. The summed E-state index contributed by atoms with van der Waals surface area (Å²) in [6.07, 6.45) is 4.70. The van der Waals surface area contributed by atoms with E-state index in [4.69, 9.17) is 0 Å². The van der Waals surface area contributed by atoms with Crippen molar-refractivity contribution in [2.45, 2.75) is 84.0 Å². The number of carbonyl (C=O) groups excluding carboxylic acids is 1. The van der Waals surface area contributed by atoms with E-state index in [1.165, 1.54) is 37.4 Å². The molecule has 0 N–H and O–H groups in total. The Morgan fingerprint density at radius 3 is 1.88 bits per heavy atom. The second kappa shape index (κ2) is 8.05. The van der Waals surface area contributed by atoms with Gasteiger partial charge in [0.15, 0.2) is 0 Å². The van der Waals surface area contributed by atoms with Crippen LogP contribution in [0, 0.1) is 0 Å². The zero-order chi connectivity index (χ0) is 12.6. The molecule has 1 nitrogen and oxygen atoms in total. The van der Waals surface area contributed by atoms with Gasteiger partial charge in [-0.15, -0.1) is 0 Å². The van der Waals surface area contributed by atoms with Crippen molar-refractivity contribution in [3.8, 4) is 0 Å². The molecule has 2 heteroatoms. The molecular formula is C14H30OSi. The van der Waals surface area contributed by atoms with E-state index in [-0.39, 0.29) is 0 Å². The van der Waals surface area contributed by atoms with Gasteiger partial charge >= 0.3 is 0 Å². The van der Waals surface area contributed by atoms with Crippen molar-refractivity contribution in [1.82, 2.24) is 0 Å². The molecule has 0 radical (unpaired) electrons. The highest BCUT2D eigenvalue weighted by Crippen LogP contribution is 2.39. The third kappa shape index (κ3) is 4.40. The Hall–Kier alpha value is -0.113. The lowest BCUT2D eigenvalue weighted by Gasteiger charge is -2.37. The summed E-state index contributed by atoms with van der Waals surface area (Å²) in [5.74, 6) is 0.397. The SMILES string of the molecule is CCCCC(CC(C)=O)[Si](CC)(CC)CC. The van der Waals surface area contributed by atoms with Crippen molar-refractivity contribution in [2.75, 3.05) is 0 Å². The van der Waals surface area contributed by atoms with Crippen LogP contribution < -0.4 is 0 Å². The molecule has 1 unspecified atom stereocenters. The van der Waals surface area contributed by atoms with E-state index in [9.17, 15) is 4.79 Å². The van der Waals surface area contributed by atoms with Crippen LogP contribution in [0.1, 0.15) is 60.3 Å². The molecule has 0 aliphatic rings. The van der Waals surface area contributed by atoms with Gasteiger partial charge in [-0.2, -0.15) is 0 Å². The van der Waals surface area contributed by atoms with Crippen LogP contribution in [-0.4, -0.2) is 13.9 Å². The standard InChI is InChI=1S/C14H30OSi/c1-6-10-11-14(12-13(5)15)16(7-2,8-3)9-4/h14H,6-12H2,1-5H3. The predicted octanol–water partition coefficient (Wildman–Crippen LogP) is 5.03. The van der Waals surface area contributed by atoms with E-state index in [1.54, 1.807) is 6.92 Å². The van der Waals surface area contributed by atoms with Crippen LogP contribution in [-0.2, 0) is 4.79 Å². The zero-order valence-corrected chi connectivity index (χ0v) is 12.9. The highest BCUT2D eigenvalue weighted by atomic mass is 28.3. The van der Waals surface area contributed by atoms with Crippen LogP contribution in [0.5, 0.6) is 0 Å². The zero-order valence-electron chi connectivity index (χ0n) is 11.9. The molecule has 1 atom stereocenters. The quantitative estimate of drug-likeness (QED) is 0.518. The third-order valence-corrected chi connectivity index (χ3v) is 10.9. The molecule has 0 heterocycles. The molecule has 0 amide bonds. The van der Waals surface area contributed by atoms with Crippen LogP contribution in [0.2, 0.25) is 23.7 Å². The predicted molar refractivity (Wildman–Crippen MR) is 75.8 cm³/mol. The molecule has 0 saturated carbocycles. The smallest absolute Gasteiger partial charge is 0.129 e. The number of Topliss-reactive ketones (excluding diaryl/α,β-unsaturated/α-hetero) is 1. The van der Waals surface area contributed by atoms with Gasteiger partial charge in [-0.05, 0) is 12.5 Å². The summed E-state index contributed by atoms with van der Waals surface area (Å²) in [6, 6.07) is 4.05. The maximum atomic E-state index is 11.4. The molecule has 0 aliphatic carbocycles. The Bertz CT molecular complexity index is 189. The topological polar surface area (TPSA) is 17.1 Å². The van der Waals surface area contributed by atoms with Crippen molar-refractivity contribution >= 4 is 13.9 Å². The molecule has 0 bridgehead atoms. The van der Waals surface area contributed by atoms with Gasteiger partial charge in [0.1, 0.15) is 5.78 Å². The Labute approximate surface area is 103 Å². The highest BCUT2D eigenvalue weighted by molar-refractivity contribution is 6.81. The average molecular weight is 242 g/mol. The van der Waals surface area contributed by atoms with Gasteiger partial charge in [0.2, 0.25) is 0 Å². The molecule has 0 aliphatic heterocycles. The highest BCUT2D eigenvalue weighted by Gasteiger charge is 2.36. The van der Waals surface area contributed by atoms with Crippen molar-refractivity contribution in [3.63, 3.8) is 0 Å². The number of hydrogen-bond donors (Lipinski definition) is 0. The van der Waals surface area contributed by atoms with Gasteiger partial charge in [-0.1, -0.05) is 65.1 Å². The van der Waals surface area contributed by atoms with E-state index in [1.807, 2.05) is 0 Å². The van der Waals surface area contributed by atoms with E-state index in [2.05, 4.69) is 27.7 Å². The first-order valence-corrected chi connectivity index (χ1v) is 9.75. The molecule has 96 valence electrons. The average Bonchev–Trinajstić information content (AvgIpc) is 2.28. The van der Waals surface area contributed by atoms with Crippen LogP contribution >= 0.6 is 0 Å². The monoisotopic (exact) mass is 242 g/mol. The van der Waals surface area contributed by atoms with Crippen LogP contribution in [0.25, 0.3) is 0 Å². The molecule has 0 aromatic carbocycles. The van der Waals surface area contributed by atoms with E-state index in [0.29, 0.717) is 5.78 Å². The second-order valence-corrected chi connectivity index (χ2v) is 10.8. The summed E-state index contributed by atoms with van der Waals surface area (Å²) in [7, 11) is -1.17. The molecule has 0 fully saturated rings. The number of ketones is 1. The van der Waals surface area contributed by atoms with Gasteiger partial charge in [0, 0.05) is 6.42 Å². The molecule has 16 heavy (non-hydrogen) atoms. The molecule has 0 spiro atoms. The molecular weight excluding hydrogens is 212 g/mol. The number of unbranched alkanes of at least 4 members (excludes halogenated alkanes) is 1. The summed E-state index contributed by atoms with van der Waals surface area (Å²) < 4.78 is 0. The van der Waals surface area contributed by atoms with E-state index >= 15 is 0 Å². The largest absolute Gasteiger partial charge is 0.300 e. The van der Waals surface area contributed by atoms with Crippen LogP contribution in [0.4, 0.5) is 0 Å². The van der Waals surface area contributed by atoms with Crippen molar-refractivity contribution < 1.29 is 4.79 Å². The Kier molecular flexibility index (Phi) is 7.99. The fraction of sp³-hybridized carbons (Fsp3) is 0.929. The number of hydrogen-bond acceptors (Lipinski definition) is 1. The summed E-state index contributed by atoms with van der Waals surface area (Å²) in [4.78, 5) is 11.4. The minimum Gasteiger partial charge on any atom is -0.300 e. The van der Waals surface area contributed by atoms with Crippen LogP contribution in [0.15, 0.2) is 0 Å². The number of rotatable bonds is 9. The summed E-state index contributed by atoms with van der Waals surface area (Å²) in [5, 5.41) is 0. The molecule has 0 rings (SSSR count). The van der Waals surface area contributed by atoms with Gasteiger partial charge in [-0.25, -0.2) is 0 Å². The minimum absolute atomic E-state index is 0.397. The van der Waals surface area contributed by atoms with Gasteiger partial charge in [0.05, 0.1) is 8.07 Å². The summed E-state index contributed by atoms with van der Waals surface area (Å²) >= 11 is 0. The first-order chi connectivity index (χ1) is 7.56. The van der Waals surface area contributed by atoms with Crippen LogP contribution in [0.3, 0.4) is 0 Å². The third-order valence-electron chi connectivity index (χ3n) is 4.42. The fourth-order valence-electron chi connectivity index (χ4n) is 3.04. The Morgan fingerprint density at radius 2 is 1.56 bits per heavy atom. The first kappa shape index (κ1) is 15.9. The maximum Gasteiger partial charge on any atom is 0.129 e. The molecule has 0 aromatic rings. The number of carbonyl (C=O) groups is 1. The van der Waals surface area contributed by atoms with Crippen molar-refractivity contribution in [1.29, 1.82) is 0 Å². The van der Waals surface area contributed by atoms with Crippen molar-refractivity contribution in [3.05, 3.63) is 0 Å². The Balaban J connectivity index is 4.72. The van der Waals surface area contributed by atoms with E-state index < -0.39 is 8.07 Å². The second-order valence-electron chi connectivity index (χ2n) is 5.17. The van der Waals surface area contributed by atoms with E-state index in [0.717, 1.165) is 12.0 Å². The minimum atomic E-state index is -1.17. The normalized spacial score (nSPS) is 13.8. The maximum absolute atomic E-state index is 11.4. The lowest BCUT2D eigenvalue weighted by molar-refractivity contribution is -0.117. The molecule has 0 aromatic heterocycles. The van der Waals surface area contributed by atoms with Gasteiger partial charge < -0.3 is 4.79 Å². The van der Waals surface area contributed by atoms with Gasteiger partial charge in [0.25, 0.3) is 0 Å². The van der Waals surface area contributed by atoms with Crippen molar-refractivity contribution in [2.24, 2.45) is 0 Å². The lowest BCUT2D eigenvalue weighted by Crippen LogP contribution is -2.38. The summed E-state index contributed by atoms with van der Waals surface area (Å²) in [6.45, 7) is 11.0. The van der Waals surface area contributed by atoms with Gasteiger partial charge in [-0.3, -0.25) is 0 Å². The first-order valence-electron chi connectivity index (χ1n) is 7.05. The Morgan fingerprint density at radius 1 is 1.06 bits per heavy atom. The summed E-state index contributed by atoms with van der Waals surface area (Å²) in [5.41, 5.74) is 0.741. The molecule has 0 saturated heterocycles. The fourth-order valence-corrected chi connectivity index (χ4v) is 7.81.